The first-order valence-corrected chi connectivity index (χ1v) is 3.33. The molecule has 0 bridgehead atoms. The van der Waals surface area contributed by atoms with Crippen molar-refractivity contribution in [2.75, 3.05) is 18.5 Å². The van der Waals surface area contributed by atoms with E-state index >= 15 is 0 Å². The van der Waals surface area contributed by atoms with E-state index in [1.165, 1.54) is 0 Å². The molecule has 0 spiro atoms. The van der Waals surface area contributed by atoms with E-state index in [1.807, 2.05) is 30.3 Å². The zero-order valence-electron chi connectivity index (χ0n) is 5.75. The summed E-state index contributed by atoms with van der Waals surface area (Å²) >= 11 is 0. The summed E-state index contributed by atoms with van der Waals surface area (Å²) in [5.74, 6) is 0. The minimum Gasteiger partial charge on any atom is -0.395 e. The van der Waals surface area contributed by atoms with Crippen molar-refractivity contribution in [2.24, 2.45) is 0 Å². The standard InChI is InChI=1S/C8H11NO.Mg.2H/c10-7-6-9-8-4-2-1-3-5-8;;;/h1-5,9-10H,6-7H2;;;. The van der Waals surface area contributed by atoms with Crippen LogP contribution in [0.4, 0.5) is 5.69 Å². The smallest absolute Gasteiger partial charge is 0.316 e. The Balaban J connectivity index is 0.000001000. The molecular formula is C8H13MgNO. The molecule has 0 atom stereocenters. The molecule has 3 heteroatoms. The molecule has 0 radical (unpaired) electrons. The molecule has 0 amide bonds. The fraction of sp³-hybridized carbons (Fsp3) is 0.250. The third-order valence-electron chi connectivity index (χ3n) is 1.21. The van der Waals surface area contributed by atoms with Crippen LogP contribution in [0, 0.1) is 0 Å². The van der Waals surface area contributed by atoms with E-state index in [0.717, 1.165) is 5.69 Å². The summed E-state index contributed by atoms with van der Waals surface area (Å²) in [6, 6.07) is 9.81. The first-order chi connectivity index (χ1) is 4.93. The number of aliphatic hydroxyl groups is 1. The monoisotopic (exact) mass is 163 g/mol. The Hall–Kier alpha value is -0.254. The number of hydrogen-bond acceptors (Lipinski definition) is 2. The highest BCUT2D eigenvalue weighted by molar-refractivity contribution is 5.75. The second kappa shape index (κ2) is 6.46. The largest absolute Gasteiger partial charge is 0.395 e. The fourth-order valence-electron chi connectivity index (χ4n) is 0.756. The van der Waals surface area contributed by atoms with Crippen LogP contribution in [0.2, 0.25) is 0 Å². The number of anilines is 1. The van der Waals surface area contributed by atoms with Crippen LogP contribution < -0.4 is 5.32 Å². The molecule has 11 heavy (non-hydrogen) atoms. The van der Waals surface area contributed by atoms with Crippen LogP contribution in [-0.4, -0.2) is 41.3 Å². The van der Waals surface area contributed by atoms with Crippen LogP contribution in [0.3, 0.4) is 0 Å². The SMILES string of the molecule is OCCNc1ccccc1.[MgH2]. The first-order valence-electron chi connectivity index (χ1n) is 3.33. The Kier molecular flexibility index (Phi) is 6.31. The van der Waals surface area contributed by atoms with E-state index in [1.54, 1.807) is 0 Å². The van der Waals surface area contributed by atoms with Gasteiger partial charge >= 0.3 is 23.1 Å². The minimum absolute atomic E-state index is 0. The van der Waals surface area contributed by atoms with Crippen LogP contribution in [0.25, 0.3) is 0 Å². The molecule has 0 unspecified atom stereocenters. The highest BCUT2D eigenvalue weighted by Gasteiger charge is 1.84. The molecule has 58 valence electrons. The van der Waals surface area contributed by atoms with Gasteiger partial charge in [-0.1, -0.05) is 18.2 Å². The molecule has 0 fully saturated rings. The van der Waals surface area contributed by atoms with Gasteiger partial charge in [-0.15, -0.1) is 0 Å². The second-order valence-corrected chi connectivity index (χ2v) is 2.02. The number of nitrogens with one attached hydrogen (secondary N) is 1. The van der Waals surface area contributed by atoms with Crippen molar-refractivity contribution in [1.82, 2.24) is 0 Å². The second-order valence-electron chi connectivity index (χ2n) is 2.02. The van der Waals surface area contributed by atoms with Gasteiger partial charge in [-0.25, -0.2) is 0 Å². The Labute approximate surface area is 82.8 Å². The molecule has 0 heterocycles. The number of benzene rings is 1. The Morgan fingerprint density at radius 1 is 1.18 bits per heavy atom. The normalized spacial score (nSPS) is 8.45. The molecule has 0 saturated heterocycles. The van der Waals surface area contributed by atoms with Crippen molar-refractivity contribution in [1.29, 1.82) is 0 Å². The van der Waals surface area contributed by atoms with Crippen LogP contribution >= 0.6 is 0 Å². The number of aliphatic hydroxyl groups excluding tert-OH is 1. The van der Waals surface area contributed by atoms with Crippen LogP contribution in [0.5, 0.6) is 0 Å². The molecule has 0 saturated carbocycles. The maximum Gasteiger partial charge on any atom is 0.316 e. The first kappa shape index (κ1) is 10.7. The maximum absolute atomic E-state index is 8.47. The quantitative estimate of drug-likeness (QED) is 0.623. The number of para-hydroxylation sites is 1. The average molecular weight is 164 g/mol. The molecule has 0 aromatic heterocycles. The molecule has 0 aliphatic rings. The third-order valence-corrected chi connectivity index (χ3v) is 1.21. The van der Waals surface area contributed by atoms with E-state index in [-0.39, 0.29) is 29.7 Å². The van der Waals surface area contributed by atoms with Gasteiger partial charge in [-0.05, 0) is 12.1 Å². The van der Waals surface area contributed by atoms with Gasteiger partial charge in [0.25, 0.3) is 0 Å². The van der Waals surface area contributed by atoms with Gasteiger partial charge in [0, 0.05) is 12.2 Å². The average Bonchev–Trinajstić information content (AvgIpc) is 2.03. The van der Waals surface area contributed by atoms with E-state index in [4.69, 9.17) is 5.11 Å². The maximum atomic E-state index is 8.47. The Morgan fingerprint density at radius 2 is 1.82 bits per heavy atom. The van der Waals surface area contributed by atoms with Gasteiger partial charge in [0.15, 0.2) is 0 Å². The van der Waals surface area contributed by atoms with Crippen molar-refractivity contribution in [3.8, 4) is 0 Å². The van der Waals surface area contributed by atoms with E-state index in [0.29, 0.717) is 6.54 Å². The lowest BCUT2D eigenvalue weighted by molar-refractivity contribution is 0.311. The van der Waals surface area contributed by atoms with E-state index < -0.39 is 0 Å². The van der Waals surface area contributed by atoms with Gasteiger partial charge in [0.1, 0.15) is 0 Å². The summed E-state index contributed by atoms with van der Waals surface area (Å²) in [7, 11) is 0. The summed E-state index contributed by atoms with van der Waals surface area (Å²) in [5, 5.41) is 11.5. The zero-order valence-corrected chi connectivity index (χ0v) is 5.75. The van der Waals surface area contributed by atoms with Gasteiger partial charge in [0.2, 0.25) is 0 Å². The third kappa shape index (κ3) is 4.24. The van der Waals surface area contributed by atoms with Crippen LogP contribution in [0.15, 0.2) is 30.3 Å². The topological polar surface area (TPSA) is 32.3 Å². The lowest BCUT2D eigenvalue weighted by Gasteiger charge is -2.01. The molecule has 0 aliphatic carbocycles. The van der Waals surface area contributed by atoms with Crippen LogP contribution in [-0.2, 0) is 0 Å². The molecule has 0 aliphatic heterocycles. The van der Waals surface area contributed by atoms with Crippen LogP contribution in [0.1, 0.15) is 0 Å². The summed E-state index contributed by atoms with van der Waals surface area (Å²) in [4.78, 5) is 0. The van der Waals surface area contributed by atoms with Crippen molar-refractivity contribution >= 4 is 28.7 Å². The number of rotatable bonds is 3. The molecular weight excluding hydrogens is 150 g/mol. The summed E-state index contributed by atoms with van der Waals surface area (Å²) in [5.41, 5.74) is 1.05. The lowest BCUT2D eigenvalue weighted by Crippen LogP contribution is -2.04. The molecule has 2 nitrogen and oxygen atoms in total. The van der Waals surface area contributed by atoms with E-state index in [2.05, 4.69) is 5.32 Å². The summed E-state index contributed by atoms with van der Waals surface area (Å²) < 4.78 is 0. The van der Waals surface area contributed by atoms with Gasteiger partial charge < -0.3 is 10.4 Å². The molecule has 1 rings (SSSR count). The molecule has 1 aromatic carbocycles. The number of hydrogen-bond donors (Lipinski definition) is 2. The fourth-order valence-corrected chi connectivity index (χ4v) is 0.756. The van der Waals surface area contributed by atoms with Crippen molar-refractivity contribution in [3.63, 3.8) is 0 Å². The highest BCUT2D eigenvalue weighted by atomic mass is 24.3. The van der Waals surface area contributed by atoms with Crippen molar-refractivity contribution in [3.05, 3.63) is 30.3 Å². The molecule has 1 aromatic rings. The van der Waals surface area contributed by atoms with Gasteiger partial charge in [-0.3, -0.25) is 0 Å². The predicted octanol–water partition coefficient (Wildman–Crippen LogP) is 0.175. The Morgan fingerprint density at radius 3 is 2.36 bits per heavy atom. The lowest BCUT2D eigenvalue weighted by atomic mass is 10.3. The van der Waals surface area contributed by atoms with E-state index in [9.17, 15) is 0 Å². The summed E-state index contributed by atoms with van der Waals surface area (Å²) in [6.07, 6.45) is 0. The Bertz CT molecular complexity index is 179. The molecule has 2 N–H and O–H groups in total. The highest BCUT2D eigenvalue weighted by Crippen LogP contribution is 2.02. The summed E-state index contributed by atoms with van der Waals surface area (Å²) in [6.45, 7) is 0.791. The van der Waals surface area contributed by atoms with Crippen molar-refractivity contribution in [2.45, 2.75) is 0 Å². The zero-order chi connectivity index (χ0) is 7.23. The minimum atomic E-state index is 0. The van der Waals surface area contributed by atoms with Crippen molar-refractivity contribution < 1.29 is 5.11 Å². The van der Waals surface area contributed by atoms with Gasteiger partial charge in [0.05, 0.1) is 6.61 Å². The van der Waals surface area contributed by atoms with Gasteiger partial charge in [-0.2, -0.15) is 0 Å². The predicted molar refractivity (Wildman–Crippen MR) is 50.6 cm³/mol.